The van der Waals surface area contributed by atoms with Crippen molar-refractivity contribution in [3.8, 4) is 0 Å². The Balaban J connectivity index is 2.00. The van der Waals surface area contributed by atoms with E-state index in [0.29, 0.717) is 13.0 Å². The van der Waals surface area contributed by atoms with Crippen LogP contribution in [0.4, 0.5) is 5.69 Å². The normalized spacial score (nSPS) is 10.1. The maximum absolute atomic E-state index is 13.6. The summed E-state index contributed by atoms with van der Waals surface area (Å²) in [4.78, 5) is 15.5. The summed E-state index contributed by atoms with van der Waals surface area (Å²) >= 11 is 0. The monoisotopic (exact) mass is 407 g/mol. The van der Waals surface area contributed by atoms with Crippen molar-refractivity contribution >= 4 is 17.7 Å². The SMILES string of the molecule is C=Cc1ccccc1CN(C(=O)Cc1ccccccccc1)c1ccccc1CC. The zero-order valence-electron chi connectivity index (χ0n) is 18.1. The molecule has 0 aromatic heterocycles. The summed E-state index contributed by atoms with van der Waals surface area (Å²) in [5.41, 5.74) is 5.23. The van der Waals surface area contributed by atoms with Crippen LogP contribution in [0.5, 0.6) is 0 Å². The van der Waals surface area contributed by atoms with Gasteiger partial charge >= 0.3 is 0 Å². The number of carbonyl (C=O) groups is 1. The van der Waals surface area contributed by atoms with Crippen LogP contribution in [-0.2, 0) is 24.2 Å². The third-order valence-corrected chi connectivity index (χ3v) is 5.21. The maximum Gasteiger partial charge on any atom is 0.231 e. The Labute approximate surface area is 185 Å². The second-order valence-electron chi connectivity index (χ2n) is 7.30. The average molecular weight is 408 g/mol. The standard InChI is InChI=1S/C29H29NO/c1-3-25-18-12-13-20-27(25)23-30(28-21-15-14-19-26(28)4-2)29(31)22-24-16-10-8-6-5-7-9-11-17-24/h3,5-21H,1,4,22-23H2,2H3. The molecule has 0 heterocycles. The van der Waals surface area contributed by atoms with Crippen molar-refractivity contribution in [3.05, 3.63) is 132 Å². The van der Waals surface area contributed by atoms with Crippen LogP contribution >= 0.6 is 0 Å². The first kappa shape index (κ1) is 22.0. The van der Waals surface area contributed by atoms with Crippen LogP contribution in [0, 0.1) is 0 Å². The van der Waals surface area contributed by atoms with E-state index >= 15 is 0 Å². The van der Waals surface area contributed by atoms with Gasteiger partial charge in [0.2, 0.25) is 5.91 Å². The van der Waals surface area contributed by atoms with E-state index in [1.54, 1.807) is 0 Å². The number of hydrogen-bond donors (Lipinski definition) is 0. The van der Waals surface area contributed by atoms with Crippen molar-refractivity contribution < 1.29 is 4.79 Å². The first-order chi connectivity index (χ1) is 15.2. The van der Waals surface area contributed by atoms with Gasteiger partial charge in [-0.05, 0) is 34.7 Å². The molecule has 3 aromatic rings. The molecule has 156 valence electrons. The van der Waals surface area contributed by atoms with Crippen LogP contribution in [0.1, 0.15) is 29.2 Å². The summed E-state index contributed by atoms with van der Waals surface area (Å²) in [7, 11) is 0. The average Bonchev–Trinajstić information content (AvgIpc) is 2.81. The summed E-state index contributed by atoms with van der Waals surface area (Å²) in [6.45, 7) is 6.57. The Bertz CT molecular complexity index is 1060. The first-order valence-electron chi connectivity index (χ1n) is 10.7. The molecule has 0 bridgehead atoms. The maximum atomic E-state index is 13.6. The van der Waals surface area contributed by atoms with E-state index in [2.05, 4.69) is 25.6 Å². The minimum absolute atomic E-state index is 0.0700. The number of hydrogen-bond acceptors (Lipinski definition) is 1. The Morgan fingerprint density at radius 2 is 1.32 bits per heavy atom. The summed E-state index contributed by atoms with van der Waals surface area (Å²) in [6, 6.07) is 34.1. The molecule has 3 rings (SSSR count). The van der Waals surface area contributed by atoms with Crippen LogP contribution < -0.4 is 4.90 Å². The Morgan fingerprint density at radius 3 is 1.97 bits per heavy atom. The smallest absolute Gasteiger partial charge is 0.231 e. The third kappa shape index (κ3) is 6.16. The van der Waals surface area contributed by atoms with E-state index in [9.17, 15) is 4.79 Å². The highest BCUT2D eigenvalue weighted by atomic mass is 16.2. The molecule has 0 N–H and O–H groups in total. The van der Waals surface area contributed by atoms with Gasteiger partial charge in [-0.3, -0.25) is 4.79 Å². The zero-order valence-corrected chi connectivity index (χ0v) is 18.1. The lowest BCUT2D eigenvalue weighted by Gasteiger charge is -2.26. The number of anilines is 1. The highest BCUT2D eigenvalue weighted by Gasteiger charge is 2.19. The molecule has 0 spiro atoms. The van der Waals surface area contributed by atoms with Gasteiger partial charge < -0.3 is 4.90 Å². The van der Waals surface area contributed by atoms with Crippen LogP contribution in [-0.4, -0.2) is 5.91 Å². The van der Waals surface area contributed by atoms with Gasteiger partial charge in [-0.15, -0.1) is 0 Å². The molecule has 3 aromatic carbocycles. The molecule has 0 saturated heterocycles. The van der Waals surface area contributed by atoms with E-state index in [1.807, 2.05) is 102 Å². The number of para-hydroxylation sites is 1. The summed E-state index contributed by atoms with van der Waals surface area (Å²) < 4.78 is 0. The highest BCUT2D eigenvalue weighted by molar-refractivity contribution is 5.95. The lowest BCUT2D eigenvalue weighted by atomic mass is 10.0. The molecular formula is C29H29NO. The van der Waals surface area contributed by atoms with Crippen molar-refractivity contribution in [1.82, 2.24) is 0 Å². The molecule has 2 nitrogen and oxygen atoms in total. The molecule has 0 fully saturated rings. The molecule has 0 atom stereocenters. The van der Waals surface area contributed by atoms with Crippen LogP contribution in [0.25, 0.3) is 6.08 Å². The van der Waals surface area contributed by atoms with Gasteiger partial charge in [-0.1, -0.05) is 117 Å². The fraction of sp³-hybridized carbons (Fsp3) is 0.138. The summed E-state index contributed by atoms with van der Waals surface area (Å²) in [5.74, 6) is 0.0700. The largest absolute Gasteiger partial charge is 0.307 e. The number of rotatable bonds is 7. The summed E-state index contributed by atoms with van der Waals surface area (Å²) in [6.07, 6.45) is 3.04. The van der Waals surface area contributed by atoms with Crippen LogP contribution in [0.3, 0.4) is 0 Å². The molecule has 0 radical (unpaired) electrons. The summed E-state index contributed by atoms with van der Waals surface area (Å²) in [5, 5.41) is 0. The van der Waals surface area contributed by atoms with E-state index in [0.717, 1.165) is 34.4 Å². The van der Waals surface area contributed by atoms with Crippen molar-refractivity contribution in [1.29, 1.82) is 0 Å². The lowest BCUT2D eigenvalue weighted by molar-refractivity contribution is -0.118. The van der Waals surface area contributed by atoms with Crippen LogP contribution in [0.15, 0.2) is 110 Å². The predicted octanol–water partition coefficient (Wildman–Crippen LogP) is 6.79. The molecule has 2 heteroatoms. The van der Waals surface area contributed by atoms with E-state index < -0.39 is 0 Å². The first-order valence-corrected chi connectivity index (χ1v) is 10.7. The van der Waals surface area contributed by atoms with Gasteiger partial charge in [-0.25, -0.2) is 0 Å². The van der Waals surface area contributed by atoms with Gasteiger partial charge in [0.05, 0.1) is 13.0 Å². The number of amides is 1. The Hall–Kier alpha value is -3.65. The topological polar surface area (TPSA) is 20.3 Å². The zero-order chi connectivity index (χ0) is 21.9. The number of nitrogens with zero attached hydrogens (tertiary/aromatic N) is 1. The molecule has 0 aliphatic carbocycles. The quantitative estimate of drug-likeness (QED) is 0.422. The number of carbonyl (C=O) groups excluding carboxylic acids is 1. The molecule has 31 heavy (non-hydrogen) atoms. The van der Waals surface area contributed by atoms with Crippen molar-refractivity contribution in [2.75, 3.05) is 4.90 Å². The Morgan fingerprint density at radius 1 is 0.774 bits per heavy atom. The molecule has 0 aliphatic heterocycles. The Kier molecular flexibility index (Phi) is 8.19. The lowest BCUT2D eigenvalue weighted by Crippen LogP contribution is -2.32. The number of aryl methyl sites for hydroxylation is 1. The second kappa shape index (κ2) is 11.5. The van der Waals surface area contributed by atoms with E-state index in [-0.39, 0.29) is 5.91 Å². The second-order valence-corrected chi connectivity index (χ2v) is 7.30. The van der Waals surface area contributed by atoms with E-state index in [4.69, 9.17) is 0 Å². The molecule has 1 amide bonds. The molecular weight excluding hydrogens is 378 g/mol. The molecule has 0 aliphatic rings. The van der Waals surface area contributed by atoms with Crippen molar-refractivity contribution in [2.24, 2.45) is 0 Å². The van der Waals surface area contributed by atoms with Crippen molar-refractivity contribution in [3.63, 3.8) is 0 Å². The minimum atomic E-state index is 0.0700. The van der Waals surface area contributed by atoms with Gasteiger partial charge in [-0.2, -0.15) is 0 Å². The van der Waals surface area contributed by atoms with E-state index in [1.165, 1.54) is 0 Å². The van der Waals surface area contributed by atoms with Gasteiger partial charge in [0.15, 0.2) is 0 Å². The fourth-order valence-electron chi connectivity index (χ4n) is 3.55. The van der Waals surface area contributed by atoms with Gasteiger partial charge in [0, 0.05) is 5.69 Å². The fourth-order valence-corrected chi connectivity index (χ4v) is 3.55. The van der Waals surface area contributed by atoms with Crippen molar-refractivity contribution in [2.45, 2.75) is 26.3 Å². The highest BCUT2D eigenvalue weighted by Crippen LogP contribution is 2.25. The third-order valence-electron chi connectivity index (χ3n) is 5.21. The van der Waals surface area contributed by atoms with Crippen LogP contribution in [0.2, 0.25) is 0 Å². The number of benzene rings is 2. The molecule has 0 saturated carbocycles. The minimum Gasteiger partial charge on any atom is -0.307 e. The molecule has 0 unspecified atom stereocenters. The predicted molar refractivity (Wildman–Crippen MR) is 131 cm³/mol. The van der Waals surface area contributed by atoms with Gasteiger partial charge in [0.1, 0.15) is 0 Å². The van der Waals surface area contributed by atoms with Gasteiger partial charge in [0.25, 0.3) is 0 Å².